The molecule has 2 aliphatic rings. The van der Waals surface area contributed by atoms with Gasteiger partial charge < -0.3 is 9.67 Å². The molecule has 5 nitrogen and oxygen atoms in total. The zero-order valence-electron chi connectivity index (χ0n) is 11.2. The second-order valence-electron chi connectivity index (χ2n) is 5.85. The highest BCUT2D eigenvalue weighted by Gasteiger charge is 2.30. The maximum atomic E-state index is 11.2. The predicted octanol–water partition coefficient (Wildman–Crippen LogP) is 2.36. The van der Waals surface area contributed by atoms with Gasteiger partial charge in [-0.3, -0.25) is 4.79 Å². The van der Waals surface area contributed by atoms with Crippen molar-refractivity contribution in [2.75, 3.05) is 0 Å². The molecule has 0 amide bonds. The monoisotopic (exact) mass is 263 g/mol. The molecule has 1 aromatic rings. The van der Waals surface area contributed by atoms with Gasteiger partial charge in [-0.15, -0.1) is 10.2 Å². The largest absolute Gasteiger partial charge is 0.481 e. The highest BCUT2D eigenvalue weighted by atomic mass is 16.4. The molecule has 0 saturated heterocycles. The lowest BCUT2D eigenvalue weighted by atomic mass is 9.96. The molecule has 1 aliphatic carbocycles. The van der Waals surface area contributed by atoms with Crippen LogP contribution in [0.1, 0.15) is 62.5 Å². The summed E-state index contributed by atoms with van der Waals surface area (Å²) in [5.41, 5.74) is 0. The molecule has 1 aliphatic heterocycles. The maximum Gasteiger partial charge on any atom is 0.308 e. The second kappa shape index (κ2) is 5.31. The maximum absolute atomic E-state index is 11.2. The van der Waals surface area contributed by atoms with E-state index in [1.54, 1.807) is 0 Å². The van der Waals surface area contributed by atoms with E-state index in [9.17, 15) is 9.90 Å². The van der Waals surface area contributed by atoms with E-state index in [4.69, 9.17) is 0 Å². The summed E-state index contributed by atoms with van der Waals surface area (Å²) in [4.78, 5) is 11.2. The van der Waals surface area contributed by atoms with Gasteiger partial charge in [0.05, 0.1) is 5.92 Å². The molecule has 104 valence electrons. The van der Waals surface area contributed by atoms with Gasteiger partial charge in [0.2, 0.25) is 0 Å². The van der Waals surface area contributed by atoms with Crippen LogP contribution < -0.4 is 0 Å². The Morgan fingerprint density at radius 1 is 1.11 bits per heavy atom. The standard InChI is InChI=1S/C14H21N3O2/c18-14(19)11-7-8-12-15-16-13(17(12)9-11)10-5-3-1-2-4-6-10/h10-11H,1-9H2,(H,18,19). The first kappa shape index (κ1) is 12.6. The lowest BCUT2D eigenvalue weighted by Gasteiger charge is -2.23. The van der Waals surface area contributed by atoms with E-state index in [-0.39, 0.29) is 5.92 Å². The van der Waals surface area contributed by atoms with Crippen molar-refractivity contribution in [1.82, 2.24) is 14.8 Å². The molecule has 2 heterocycles. The first-order valence-electron chi connectivity index (χ1n) is 7.40. The Morgan fingerprint density at radius 3 is 2.53 bits per heavy atom. The second-order valence-corrected chi connectivity index (χ2v) is 5.85. The van der Waals surface area contributed by atoms with Crippen LogP contribution in [0.25, 0.3) is 0 Å². The Morgan fingerprint density at radius 2 is 1.84 bits per heavy atom. The number of carboxylic acids is 1. The van der Waals surface area contributed by atoms with E-state index in [0.717, 1.165) is 18.1 Å². The average molecular weight is 263 g/mol. The summed E-state index contributed by atoms with van der Waals surface area (Å²) in [7, 11) is 0. The lowest BCUT2D eigenvalue weighted by molar-refractivity contribution is -0.142. The molecule has 1 saturated carbocycles. The van der Waals surface area contributed by atoms with Crippen LogP contribution in [-0.4, -0.2) is 25.8 Å². The number of fused-ring (bicyclic) bond motifs is 1. The van der Waals surface area contributed by atoms with Crippen LogP contribution in [0, 0.1) is 5.92 Å². The Hall–Kier alpha value is -1.39. The zero-order valence-corrected chi connectivity index (χ0v) is 11.2. The number of aromatic nitrogens is 3. The number of hydrogen-bond acceptors (Lipinski definition) is 3. The molecule has 0 bridgehead atoms. The van der Waals surface area contributed by atoms with Gasteiger partial charge in [-0.1, -0.05) is 25.7 Å². The minimum absolute atomic E-state index is 0.270. The molecule has 1 atom stereocenters. The van der Waals surface area contributed by atoms with Gasteiger partial charge in [-0.05, 0) is 19.3 Å². The summed E-state index contributed by atoms with van der Waals surface area (Å²) in [6.07, 6.45) is 8.94. The number of aliphatic carboxylic acids is 1. The number of rotatable bonds is 2. The molecule has 1 unspecified atom stereocenters. The Labute approximate surface area is 113 Å². The normalized spacial score (nSPS) is 24.7. The van der Waals surface area contributed by atoms with Crippen LogP contribution in [0.5, 0.6) is 0 Å². The summed E-state index contributed by atoms with van der Waals surface area (Å²) in [5, 5.41) is 17.8. The van der Waals surface area contributed by atoms with Crippen molar-refractivity contribution < 1.29 is 9.90 Å². The molecular weight excluding hydrogens is 242 g/mol. The molecule has 0 radical (unpaired) electrons. The highest BCUT2D eigenvalue weighted by Crippen LogP contribution is 2.32. The van der Waals surface area contributed by atoms with Crippen LogP contribution in [-0.2, 0) is 17.8 Å². The van der Waals surface area contributed by atoms with E-state index < -0.39 is 5.97 Å². The number of hydrogen-bond donors (Lipinski definition) is 1. The molecule has 0 spiro atoms. The minimum atomic E-state index is -0.689. The molecule has 19 heavy (non-hydrogen) atoms. The van der Waals surface area contributed by atoms with Gasteiger partial charge in [-0.2, -0.15) is 0 Å². The fourth-order valence-corrected chi connectivity index (χ4v) is 3.39. The van der Waals surface area contributed by atoms with Crippen molar-refractivity contribution in [3.63, 3.8) is 0 Å². The Balaban J connectivity index is 1.83. The lowest BCUT2D eigenvalue weighted by Crippen LogP contribution is -2.28. The molecule has 1 aromatic heterocycles. The SMILES string of the molecule is O=C(O)C1CCc2nnc(C3CCCCCC3)n2C1. The van der Waals surface area contributed by atoms with Gasteiger partial charge in [0.1, 0.15) is 11.6 Å². The average Bonchev–Trinajstić information content (AvgIpc) is 2.64. The summed E-state index contributed by atoms with van der Waals surface area (Å²) >= 11 is 0. The fraction of sp³-hybridized carbons (Fsp3) is 0.786. The molecule has 5 heteroatoms. The molecule has 1 fully saturated rings. The predicted molar refractivity (Wildman–Crippen MR) is 69.9 cm³/mol. The van der Waals surface area contributed by atoms with E-state index in [1.165, 1.54) is 38.5 Å². The van der Waals surface area contributed by atoms with Crippen molar-refractivity contribution >= 4 is 5.97 Å². The summed E-state index contributed by atoms with van der Waals surface area (Å²) < 4.78 is 2.10. The smallest absolute Gasteiger partial charge is 0.308 e. The van der Waals surface area contributed by atoms with E-state index in [0.29, 0.717) is 18.9 Å². The quantitative estimate of drug-likeness (QED) is 0.832. The van der Waals surface area contributed by atoms with Crippen molar-refractivity contribution in [2.45, 2.75) is 63.8 Å². The topological polar surface area (TPSA) is 68.0 Å². The Kier molecular flexibility index (Phi) is 3.53. The van der Waals surface area contributed by atoms with Crippen LogP contribution >= 0.6 is 0 Å². The van der Waals surface area contributed by atoms with E-state index in [1.807, 2.05) is 0 Å². The fourth-order valence-electron chi connectivity index (χ4n) is 3.39. The number of carboxylic acid groups (broad SMARTS) is 1. The van der Waals surface area contributed by atoms with Gasteiger partial charge in [-0.25, -0.2) is 0 Å². The van der Waals surface area contributed by atoms with Gasteiger partial charge in [0.25, 0.3) is 0 Å². The third-order valence-corrected chi connectivity index (χ3v) is 4.54. The van der Waals surface area contributed by atoms with Crippen LogP contribution in [0.4, 0.5) is 0 Å². The first-order valence-corrected chi connectivity index (χ1v) is 7.40. The number of carbonyl (C=O) groups is 1. The molecule has 1 N–H and O–H groups in total. The number of nitrogens with zero attached hydrogens (tertiary/aromatic N) is 3. The summed E-state index contributed by atoms with van der Waals surface area (Å²) in [6, 6.07) is 0. The summed E-state index contributed by atoms with van der Waals surface area (Å²) in [6.45, 7) is 0.559. The van der Waals surface area contributed by atoms with Crippen molar-refractivity contribution in [3.05, 3.63) is 11.6 Å². The van der Waals surface area contributed by atoms with Crippen molar-refractivity contribution in [3.8, 4) is 0 Å². The molecule has 3 rings (SSSR count). The van der Waals surface area contributed by atoms with Gasteiger partial charge >= 0.3 is 5.97 Å². The van der Waals surface area contributed by atoms with E-state index in [2.05, 4.69) is 14.8 Å². The molecule has 0 aromatic carbocycles. The Bertz CT molecular complexity index is 461. The van der Waals surface area contributed by atoms with Crippen LogP contribution in [0.15, 0.2) is 0 Å². The van der Waals surface area contributed by atoms with E-state index >= 15 is 0 Å². The van der Waals surface area contributed by atoms with Crippen LogP contribution in [0.2, 0.25) is 0 Å². The van der Waals surface area contributed by atoms with Gasteiger partial charge in [0.15, 0.2) is 0 Å². The summed E-state index contributed by atoms with van der Waals surface area (Å²) in [5.74, 6) is 1.55. The third kappa shape index (κ3) is 2.51. The zero-order chi connectivity index (χ0) is 13.2. The van der Waals surface area contributed by atoms with Crippen molar-refractivity contribution in [1.29, 1.82) is 0 Å². The highest BCUT2D eigenvalue weighted by molar-refractivity contribution is 5.70. The first-order chi connectivity index (χ1) is 9.25. The third-order valence-electron chi connectivity index (χ3n) is 4.54. The number of aryl methyl sites for hydroxylation is 1. The van der Waals surface area contributed by atoms with Crippen molar-refractivity contribution in [2.24, 2.45) is 5.92 Å². The minimum Gasteiger partial charge on any atom is -0.481 e. The molecular formula is C14H21N3O2. The van der Waals surface area contributed by atoms with Gasteiger partial charge in [0, 0.05) is 18.9 Å². The van der Waals surface area contributed by atoms with Crippen LogP contribution in [0.3, 0.4) is 0 Å².